The minimum atomic E-state index is -5.47. The fourth-order valence-corrected chi connectivity index (χ4v) is 4.91. The molecule has 7 nitrogen and oxygen atoms in total. The molecule has 0 aliphatic carbocycles. The number of unbranched alkanes of at least 4 members (excludes halogenated alkanes) is 4. The Morgan fingerprint density at radius 3 is 1.34 bits per heavy atom. The normalized spacial score (nSPS) is 12.8. The standard InChI is InChI=1S/C19H36F4O7P2/c1-5-9-13-26-31(24,27-14-10-6-2)19(22,23)17(18(20)21)30-32(25,28-15-11-7-3)29-16-12-8-4/h5-16H2,1-4H3. The Balaban J connectivity index is 5.96. The van der Waals surface area contributed by atoms with Crippen molar-refractivity contribution in [2.75, 3.05) is 26.4 Å². The SMILES string of the molecule is CCCCOP(=O)(OCCCC)OC(=C(F)F)C(F)(F)P(=O)(OCCCC)OCCCC. The Morgan fingerprint density at radius 1 is 0.688 bits per heavy atom. The number of phosphoric ester groups is 1. The van der Waals surface area contributed by atoms with E-state index in [1.54, 1.807) is 27.7 Å². The average molecular weight is 514 g/mol. The lowest BCUT2D eigenvalue weighted by atomic mass is 10.4. The highest BCUT2D eigenvalue weighted by Crippen LogP contribution is 2.68. The smallest absolute Gasteiger partial charge is 0.395 e. The zero-order valence-corrected chi connectivity index (χ0v) is 21.0. The first-order chi connectivity index (χ1) is 15.0. The summed E-state index contributed by atoms with van der Waals surface area (Å²) >= 11 is 0. The number of halogens is 4. The van der Waals surface area contributed by atoms with Crippen LogP contribution in [0.15, 0.2) is 11.8 Å². The van der Waals surface area contributed by atoms with Gasteiger partial charge in [-0.15, -0.1) is 0 Å². The van der Waals surface area contributed by atoms with Crippen LogP contribution in [-0.4, -0.2) is 32.1 Å². The monoisotopic (exact) mass is 514 g/mol. The fraction of sp³-hybridized carbons (Fsp3) is 0.895. The van der Waals surface area contributed by atoms with Gasteiger partial charge in [-0.3, -0.25) is 13.6 Å². The van der Waals surface area contributed by atoms with Crippen LogP contribution in [0.5, 0.6) is 0 Å². The Kier molecular flexibility index (Phi) is 16.0. The molecule has 0 heterocycles. The maximum Gasteiger partial charge on any atom is 0.530 e. The number of allylic oxidation sites excluding steroid dienone is 1. The van der Waals surface area contributed by atoms with E-state index in [0.717, 1.165) is 0 Å². The Labute approximate surface area is 188 Å². The summed E-state index contributed by atoms with van der Waals surface area (Å²) in [4.78, 5) is 0. The van der Waals surface area contributed by atoms with Gasteiger partial charge in [0.05, 0.1) is 26.4 Å². The third-order valence-electron chi connectivity index (χ3n) is 4.00. The van der Waals surface area contributed by atoms with Crippen LogP contribution < -0.4 is 0 Å². The number of hydrogen-bond acceptors (Lipinski definition) is 7. The second-order valence-electron chi connectivity index (χ2n) is 6.91. The lowest BCUT2D eigenvalue weighted by Crippen LogP contribution is -2.26. The van der Waals surface area contributed by atoms with Gasteiger partial charge in [-0.05, 0) is 25.7 Å². The molecule has 0 saturated carbocycles. The first-order valence-electron chi connectivity index (χ1n) is 10.9. The van der Waals surface area contributed by atoms with Crippen molar-refractivity contribution in [3.8, 4) is 0 Å². The molecule has 0 radical (unpaired) electrons. The Bertz CT molecular complexity index is 615. The molecular formula is C19H36F4O7P2. The van der Waals surface area contributed by atoms with Crippen LogP contribution in [0.4, 0.5) is 17.6 Å². The van der Waals surface area contributed by atoms with E-state index < -0.39 is 46.1 Å². The van der Waals surface area contributed by atoms with Gasteiger partial charge in [-0.25, -0.2) is 4.57 Å². The molecule has 0 rings (SSSR count). The van der Waals surface area contributed by atoms with Crippen molar-refractivity contribution in [1.82, 2.24) is 0 Å². The minimum Gasteiger partial charge on any atom is -0.395 e. The number of rotatable bonds is 20. The van der Waals surface area contributed by atoms with E-state index in [-0.39, 0.29) is 26.1 Å². The summed E-state index contributed by atoms with van der Waals surface area (Å²) in [6.45, 7) is 5.75. The van der Waals surface area contributed by atoms with Gasteiger partial charge in [0.15, 0.2) is 0 Å². The van der Waals surface area contributed by atoms with E-state index in [4.69, 9.17) is 18.1 Å². The molecule has 0 atom stereocenters. The predicted molar refractivity (Wildman–Crippen MR) is 114 cm³/mol. The van der Waals surface area contributed by atoms with Gasteiger partial charge < -0.3 is 13.6 Å². The van der Waals surface area contributed by atoms with E-state index in [0.29, 0.717) is 38.5 Å². The molecule has 0 aliphatic rings. The lowest BCUT2D eigenvalue weighted by molar-refractivity contribution is 0.0162. The van der Waals surface area contributed by atoms with Gasteiger partial charge in [-0.2, -0.15) is 17.6 Å². The highest BCUT2D eigenvalue weighted by molar-refractivity contribution is 7.55. The van der Waals surface area contributed by atoms with Crippen LogP contribution in [0, 0.1) is 0 Å². The highest BCUT2D eigenvalue weighted by Gasteiger charge is 2.61. The van der Waals surface area contributed by atoms with Crippen LogP contribution in [0.1, 0.15) is 79.1 Å². The predicted octanol–water partition coefficient (Wildman–Crippen LogP) is 8.27. The quantitative estimate of drug-likeness (QED) is 0.0700. The summed E-state index contributed by atoms with van der Waals surface area (Å²) in [6, 6.07) is 0. The van der Waals surface area contributed by atoms with Gasteiger partial charge in [-0.1, -0.05) is 53.4 Å². The molecule has 0 aromatic rings. The molecule has 32 heavy (non-hydrogen) atoms. The second kappa shape index (κ2) is 16.2. The fourth-order valence-electron chi connectivity index (χ4n) is 2.03. The summed E-state index contributed by atoms with van der Waals surface area (Å²) in [5.74, 6) is -2.40. The molecule has 0 fully saturated rings. The molecule has 192 valence electrons. The summed E-state index contributed by atoms with van der Waals surface area (Å²) in [5.41, 5.74) is -4.93. The molecule has 13 heteroatoms. The topological polar surface area (TPSA) is 80.3 Å². The zero-order chi connectivity index (χ0) is 24.7. The molecule has 0 aromatic heterocycles. The molecule has 0 saturated heterocycles. The molecule has 0 aliphatic heterocycles. The van der Waals surface area contributed by atoms with Crippen LogP contribution in [0.25, 0.3) is 0 Å². The third-order valence-corrected chi connectivity index (χ3v) is 7.34. The van der Waals surface area contributed by atoms with E-state index in [2.05, 4.69) is 4.52 Å². The van der Waals surface area contributed by atoms with Crippen LogP contribution in [0.3, 0.4) is 0 Å². The maximum absolute atomic E-state index is 15.1. The van der Waals surface area contributed by atoms with Crippen molar-refractivity contribution in [3.63, 3.8) is 0 Å². The van der Waals surface area contributed by atoms with Gasteiger partial charge >= 0.3 is 27.2 Å². The summed E-state index contributed by atoms with van der Waals surface area (Å²) < 4.78 is 107. The third kappa shape index (κ3) is 10.7. The number of phosphoric acid groups is 1. The van der Waals surface area contributed by atoms with Crippen LogP contribution in [0.2, 0.25) is 0 Å². The van der Waals surface area contributed by atoms with Crippen molar-refractivity contribution in [2.45, 2.75) is 84.7 Å². The molecule has 0 unspecified atom stereocenters. The zero-order valence-electron chi connectivity index (χ0n) is 19.2. The van der Waals surface area contributed by atoms with Crippen molar-refractivity contribution >= 4 is 15.4 Å². The van der Waals surface area contributed by atoms with Crippen molar-refractivity contribution in [3.05, 3.63) is 11.8 Å². The van der Waals surface area contributed by atoms with Crippen LogP contribution in [-0.2, 0) is 31.7 Å². The molecule has 0 bridgehead atoms. The van der Waals surface area contributed by atoms with Gasteiger partial charge in [0.25, 0.3) is 5.76 Å². The molecule has 0 N–H and O–H groups in total. The van der Waals surface area contributed by atoms with Gasteiger partial charge in [0.2, 0.25) is 0 Å². The largest absolute Gasteiger partial charge is 0.530 e. The van der Waals surface area contributed by atoms with E-state index in [9.17, 15) is 17.9 Å². The van der Waals surface area contributed by atoms with Crippen molar-refractivity contribution in [1.29, 1.82) is 0 Å². The Morgan fingerprint density at radius 2 is 1.03 bits per heavy atom. The maximum atomic E-state index is 15.1. The van der Waals surface area contributed by atoms with Crippen molar-refractivity contribution < 1.29 is 49.3 Å². The first-order valence-corrected chi connectivity index (χ1v) is 13.9. The van der Waals surface area contributed by atoms with Crippen LogP contribution >= 0.6 is 15.4 Å². The van der Waals surface area contributed by atoms with Gasteiger partial charge in [0, 0.05) is 0 Å². The second-order valence-corrected chi connectivity index (χ2v) is 10.6. The first kappa shape index (κ1) is 31.6. The minimum absolute atomic E-state index is 0.232. The molecular weight excluding hydrogens is 478 g/mol. The van der Waals surface area contributed by atoms with E-state index >= 15 is 8.78 Å². The van der Waals surface area contributed by atoms with Crippen molar-refractivity contribution in [2.24, 2.45) is 0 Å². The summed E-state index contributed by atoms with van der Waals surface area (Å²) in [5, 5.41) is 0. The summed E-state index contributed by atoms with van der Waals surface area (Å²) in [6.07, 6.45) is 0.391. The number of alkyl halides is 2. The molecule has 0 spiro atoms. The molecule has 0 aromatic carbocycles. The Hall–Kier alpha value is -0.440. The number of hydrogen-bond donors (Lipinski definition) is 0. The molecule has 0 amide bonds. The average Bonchev–Trinajstić information content (AvgIpc) is 2.72. The highest BCUT2D eigenvalue weighted by atomic mass is 31.2. The van der Waals surface area contributed by atoms with E-state index in [1.807, 2.05) is 0 Å². The lowest BCUT2D eigenvalue weighted by Gasteiger charge is -2.29. The van der Waals surface area contributed by atoms with Gasteiger partial charge in [0.1, 0.15) is 0 Å². The summed E-state index contributed by atoms with van der Waals surface area (Å²) in [7, 11) is -10.3. The van der Waals surface area contributed by atoms with E-state index in [1.165, 1.54) is 0 Å².